The summed E-state index contributed by atoms with van der Waals surface area (Å²) in [5, 5.41) is 13.4. The van der Waals surface area contributed by atoms with Gasteiger partial charge in [0, 0.05) is 0 Å². The van der Waals surface area contributed by atoms with Crippen LogP contribution in [0, 0.1) is 90.0 Å². The summed E-state index contributed by atoms with van der Waals surface area (Å²) in [6, 6.07) is 125. The summed E-state index contributed by atoms with van der Waals surface area (Å²) < 4.78 is 0. The quantitative estimate of drug-likeness (QED) is 0.142. The first-order valence-electron chi connectivity index (χ1n) is 48.9. The predicted octanol–water partition coefficient (Wildman–Crippen LogP) is 37.2. The van der Waals surface area contributed by atoms with Gasteiger partial charge in [-0.25, -0.2) is 0 Å². The van der Waals surface area contributed by atoms with Crippen molar-refractivity contribution in [2.75, 3.05) is 0 Å². The summed E-state index contributed by atoms with van der Waals surface area (Å²) in [6.45, 7) is 48.1. The normalized spacial score (nSPS) is 11.5. The molecule has 0 heterocycles. The summed E-state index contributed by atoms with van der Waals surface area (Å²) in [5.41, 5.74) is 44.9. The van der Waals surface area contributed by atoms with E-state index in [0.717, 1.165) is 0 Å². The molecule has 5 aliphatic carbocycles. The number of benzene rings is 18. The number of fused-ring (bicyclic) bond motifs is 14. The molecule has 0 heteroatoms. The molecule has 0 bridgehead atoms. The Labute approximate surface area is 790 Å². The van der Waals surface area contributed by atoms with E-state index in [-0.39, 0.29) is 0 Å². The van der Waals surface area contributed by atoms with Gasteiger partial charge in [-0.3, -0.25) is 0 Å². The van der Waals surface area contributed by atoms with E-state index in [0.29, 0.717) is 0 Å². The summed E-state index contributed by atoms with van der Waals surface area (Å²) >= 11 is 0. The van der Waals surface area contributed by atoms with E-state index >= 15 is 0 Å². The largest absolute Gasteiger partial charge is 0.0683 e. The molecule has 0 saturated heterocycles. The Balaban J connectivity index is 0.000000152. The molecule has 18 aromatic carbocycles. The van der Waals surface area contributed by atoms with Crippen molar-refractivity contribution in [1.29, 1.82) is 0 Å². The van der Waals surface area contributed by atoms with Gasteiger partial charge in [0.15, 0.2) is 0 Å². The van der Waals surface area contributed by atoms with E-state index in [4.69, 9.17) is 0 Å². The molecule has 0 spiro atoms. The minimum Gasteiger partial charge on any atom is -0.0683 e. The molecule has 670 valence electrons. The van der Waals surface area contributed by atoms with Crippen LogP contribution >= 0.6 is 0 Å². The summed E-state index contributed by atoms with van der Waals surface area (Å²) in [4.78, 5) is 0. The van der Waals surface area contributed by atoms with Gasteiger partial charge in [-0.15, -0.1) is 0 Å². The standard InChI is InChI=1S/C17H16.C16H16.2C15H14.3C12H12.2C11H10.5C2H6/c1-11-5-6-14-8-7-12-3-2-4-13-9-10-15(11)17(14)16(12)13;1-11-6-7-13-8-9-14-5-3-4-12(2)16(14)15(13)10-11;1-11-5-4-7-13-10-9-12-6-2-3-8-14(12)15(11)13;1-11-6-7-13-9-8-12-4-2-3-5-14(12)15(13)10-11;1-9-3-5-12-8-10(2)4-6-11(12)7-9;1-9-3-5-11-6-4-10(2)8-12(11)7-9;1-9-5-3-8-12-10(2)6-4-7-11(9)12;1-9-5-4-7-10-6-2-3-8-11(9)10;1-9-6-7-10-4-2-3-5-11(10)8-9;5*1-2/h2-6H,7-10H2,1H3;3-7,10H,8-9H2,1-2H3;2-8H,9-10H2,1H3;2-7,10H,8-9H2,1H3;3*3-8H,1-2H3;2*2-8H,1H3;5*1-2H3. The van der Waals surface area contributed by atoms with Crippen molar-refractivity contribution in [3.05, 3.63) is 474 Å². The fourth-order valence-electron chi connectivity index (χ4n) is 18.6. The molecular weight excluding hydrogens is 1570 g/mol. The van der Waals surface area contributed by atoms with Gasteiger partial charge >= 0.3 is 0 Å². The smallest absolute Gasteiger partial charge is 0.0111 e. The van der Waals surface area contributed by atoms with Crippen LogP contribution in [0.3, 0.4) is 0 Å². The lowest BCUT2D eigenvalue weighted by molar-refractivity contribution is 0.870. The Kier molecular flexibility index (Phi) is 38.7. The maximum Gasteiger partial charge on any atom is -0.0111 e. The van der Waals surface area contributed by atoms with Gasteiger partial charge in [0.05, 0.1) is 0 Å². The van der Waals surface area contributed by atoms with Crippen molar-refractivity contribution in [3.8, 4) is 44.5 Å². The zero-order valence-electron chi connectivity index (χ0n) is 83.5. The lowest BCUT2D eigenvalue weighted by Gasteiger charge is -2.30. The number of hydrogen-bond donors (Lipinski definition) is 0. The van der Waals surface area contributed by atoms with Crippen LogP contribution in [-0.2, 0) is 64.2 Å². The Morgan fingerprint density at radius 3 is 0.893 bits per heavy atom. The second-order valence-corrected chi connectivity index (χ2v) is 34.3. The third-order valence-electron chi connectivity index (χ3n) is 25.1. The number of hydrogen-bond acceptors (Lipinski definition) is 0. The molecule has 0 amide bonds. The monoisotopic (exact) mass is 1720 g/mol. The Morgan fingerprint density at radius 2 is 0.405 bits per heavy atom. The molecule has 0 nitrogen and oxygen atoms in total. The zero-order valence-corrected chi connectivity index (χ0v) is 83.5. The Hall–Kier alpha value is -12.7. The van der Waals surface area contributed by atoms with Gasteiger partial charge in [0.2, 0.25) is 0 Å². The molecule has 0 saturated carbocycles. The van der Waals surface area contributed by atoms with Gasteiger partial charge in [-0.1, -0.05) is 454 Å². The summed E-state index contributed by atoms with van der Waals surface area (Å²) in [6.07, 6.45) is 12.0. The average molecular weight is 1720 g/mol. The minimum atomic E-state index is 1.19. The van der Waals surface area contributed by atoms with E-state index in [2.05, 4.69) is 436 Å². The highest BCUT2D eigenvalue weighted by Crippen LogP contribution is 2.44. The summed E-state index contributed by atoms with van der Waals surface area (Å²) in [7, 11) is 0. The van der Waals surface area contributed by atoms with Crippen molar-refractivity contribution in [2.24, 2.45) is 0 Å². The van der Waals surface area contributed by atoms with Crippen molar-refractivity contribution < 1.29 is 0 Å². The zero-order chi connectivity index (χ0) is 94.0. The van der Waals surface area contributed by atoms with Crippen molar-refractivity contribution >= 4 is 53.9 Å². The number of rotatable bonds is 0. The van der Waals surface area contributed by atoms with Crippen LogP contribution in [0.1, 0.15) is 197 Å². The first-order valence-corrected chi connectivity index (χ1v) is 48.9. The molecule has 23 rings (SSSR count). The van der Waals surface area contributed by atoms with Gasteiger partial charge in [-0.2, -0.15) is 0 Å². The van der Waals surface area contributed by atoms with Gasteiger partial charge in [0.25, 0.3) is 0 Å². The van der Waals surface area contributed by atoms with E-state index in [9.17, 15) is 0 Å². The van der Waals surface area contributed by atoms with Crippen molar-refractivity contribution in [3.63, 3.8) is 0 Å². The summed E-state index contributed by atoms with van der Waals surface area (Å²) in [5.74, 6) is 0. The van der Waals surface area contributed by atoms with E-state index in [1.807, 2.05) is 69.2 Å². The van der Waals surface area contributed by atoms with E-state index in [1.165, 1.54) is 257 Å². The van der Waals surface area contributed by atoms with Crippen LogP contribution in [0.15, 0.2) is 346 Å². The molecule has 0 atom stereocenters. The Bertz CT molecular complexity index is 6600. The molecule has 0 fully saturated rings. The second-order valence-electron chi connectivity index (χ2n) is 34.3. The van der Waals surface area contributed by atoms with Crippen LogP contribution in [0.2, 0.25) is 0 Å². The highest BCUT2D eigenvalue weighted by Gasteiger charge is 2.26. The first-order chi connectivity index (χ1) is 63.8. The maximum absolute atomic E-state index is 2.35. The first kappa shape index (κ1) is 100. The van der Waals surface area contributed by atoms with Crippen molar-refractivity contribution in [2.45, 2.75) is 223 Å². The van der Waals surface area contributed by atoms with Crippen LogP contribution in [0.25, 0.3) is 98.4 Å². The lowest BCUT2D eigenvalue weighted by Crippen LogP contribution is -2.14. The van der Waals surface area contributed by atoms with Crippen LogP contribution in [-0.4, -0.2) is 0 Å². The molecule has 0 aromatic heterocycles. The van der Waals surface area contributed by atoms with E-state index in [1.54, 1.807) is 33.4 Å². The van der Waals surface area contributed by atoms with E-state index < -0.39 is 0 Å². The highest BCUT2D eigenvalue weighted by molar-refractivity contribution is 5.90. The topological polar surface area (TPSA) is 0 Å². The predicted molar refractivity (Wildman–Crippen MR) is 583 cm³/mol. The second kappa shape index (κ2) is 50.4. The third kappa shape index (κ3) is 26.1. The minimum absolute atomic E-state index is 1.19. The average Bonchev–Trinajstić information content (AvgIpc) is 0.740. The molecular formula is C131H146. The van der Waals surface area contributed by atoms with Gasteiger partial charge in [-0.05, 0) is 342 Å². The van der Waals surface area contributed by atoms with Crippen LogP contribution in [0.4, 0.5) is 0 Å². The molecule has 0 aliphatic heterocycles. The molecule has 18 aromatic rings. The van der Waals surface area contributed by atoms with Crippen LogP contribution in [0.5, 0.6) is 0 Å². The highest BCUT2D eigenvalue weighted by atomic mass is 14.3. The third-order valence-corrected chi connectivity index (χ3v) is 25.1. The lowest BCUT2D eigenvalue weighted by atomic mass is 9.74. The van der Waals surface area contributed by atoms with Gasteiger partial charge in [0.1, 0.15) is 0 Å². The maximum atomic E-state index is 2.35. The fourth-order valence-corrected chi connectivity index (χ4v) is 18.6. The number of aryl methyl sites for hydroxylation is 22. The fraction of sp³-hybridized carbons (Fsp3) is 0.252. The van der Waals surface area contributed by atoms with Crippen molar-refractivity contribution in [1.82, 2.24) is 0 Å². The Morgan fingerprint density at radius 1 is 0.137 bits per heavy atom. The molecule has 131 heavy (non-hydrogen) atoms. The molecule has 0 radical (unpaired) electrons. The van der Waals surface area contributed by atoms with Crippen LogP contribution < -0.4 is 0 Å². The molecule has 5 aliphatic rings. The molecule has 0 unspecified atom stereocenters. The SMILES string of the molecule is CC.CC.CC.CC.CC.Cc1ccc2c(c1)-c1c(C)cccc1CC2.Cc1ccc2c(c1)-c1ccccc1CC2.Cc1ccc2c3c1CCc1cccc(c1-3)CC2.Cc1ccc2cc(C)ccc2c1.Cc1ccc2ccc(C)cc2c1.Cc1ccc2ccccc2c1.Cc1cccc2c(C)cccc12.Cc1cccc2c1-c1ccccc1CC2.Cc1cccc2ccccc12. The van der Waals surface area contributed by atoms with Gasteiger partial charge < -0.3 is 0 Å². The molecule has 0 N–H and O–H groups in total.